The first-order valence-electron chi connectivity index (χ1n) is 7.97. The van der Waals surface area contributed by atoms with E-state index in [9.17, 15) is 4.79 Å². The number of nitrogens with zero attached hydrogens (tertiary/aromatic N) is 4. The summed E-state index contributed by atoms with van der Waals surface area (Å²) in [6, 6.07) is 2.22. The third kappa shape index (κ3) is 3.12. The minimum Gasteiger partial charge on any atom is -0.338 e. The molecule has 2 aromatic heterocycles. The summed E-state index contributed by atoms with van der Waals surface area (Å²) in [5.74, 6) is 1.93. The van der Waals surface area contributed by atoms with Crippen molar-refractivity contribution in [2.24, 2.45) is 0 Å². The van der Waals surface area contributed by atoms with E-state index in [1.165, 1.54) is 37.4 Å². The number of hydrogen-bond acceptors (Lipinski definition) is 6. The highest BCUT2D eigenvalue weighted by molar-refractivity contribution is 8.00. The number of carbonyl (C=O) groups excluding carboxylic acids is 1. The Balaban J connectivity index is 1.45. The largest absolute Gasteiger partial charge is 0.338 e. The molecule has 0 aromatic carbocycles. The summed E-state index contributed by atoms with van der Waals surface area (Å²) in [7, 11) is 0. The number of rotatable bonds is 6. The molecule has 1 amide bonds. The van der Waals surface area contributed by atoms with Crippen LogP contribution in [0.1, 0.15) is 56.1 Å². The quantitative estimate of drug-likeness (QED) is 0.818. The second-order valence-corrected chi connectivity index (χ2v) is 7.61. The van der Waals surface area contributed by atoms with Crippen molar-refractivity contribution in [1.82, 2.24) is 19.9 Å². The maximum Gasteiger partial charge on any atom is 0.240 e. The van der Waals surface area contributed by atoms with E-state index in [0.29, 0.717) is 17.8 Å². The van der Waals surface area contributed by atoms with Gasteiger partial charge in [0, 0.05) is 18.0 Å². The third-order valence-corrected chi connectivity index (χ3v) is 5.13. The number of carbonyl (C=O) groups is 1. The summed E-state index contributed by atoms with van der Waals surface area (Å²) in [5, 5.41) is 15.8. The molecule has 23 heavy (non-hydrogen) atoms. The first-order valence-corrected chi connectivity index (χ1v) is 8.85. The number of nitrogens with one attached hydrogen (secondary N) is 1. The van der Waals surface area contributed by atoms with E-state index in [-0.39, 0.29) is 11.2 Å². The molecule has 0 unspecified atom stereocenters. The maximum absolute atomic E-state index is 12.3. The summed E-state index contributed by atoms with van der Waals surface area (Å²) < 4.78 is 7.28. The molecule has 1 atom stereocenters. The van der Waals surface area contributed by atoms with Crippen molar-refractivity contribution in [1.29, 1.82) is 0 Å². The zero-order valence-electron chi connectivity index (χ0n) is 13.2. The highest BCUT2D eigenvalue weighted by atomic mass is 32.2. The zero-order valence-corrected chi connectivity index (χ0v) is 14.0. The fraction of sp³-hybridized carbons (Fsp3) is 0.600. The normalized spacial score (nSPS) is 18.9. The second kappa shape index (κ2) is 5.67. The Kier molecular flexibility index (Phi) is 3.63. The molecule has 0 saturated heterocycles. The van der Waals surface area contributed by atoms with Crippen LogP contribution in [0.25, 0.3) is 0 Å². The second-order valence-electron chi connectivity index (χ2n) is 6.30. The number of aryl methyl sites for hydroxylation is 1. The van der Waals surface area contributed by atoms with E-state index in [4.69, 9.17) is 4.52 Å². The SMILES string of the molecule is Cc1cc(NC(=O)[C@@H](C)Sc2nnc(C3CC3)n2C2CC2)on1. The minimum atomic E-state index is -0.283. The van der Waals surface area contributed by atoms with Crippen LogP contribution in [0.5, 0.6) is 0 Å². The van der Waals surface area contributed by atoms with Gasteiger partial charge in [-0.2, -0.15) is 0 Å². The van der Waals surface area contributed by atoms with Crippen LogP contribution < -0.4 is 5.32 Å². The van der Waals surface area contributed by atoms with Crippen LogP contribution in [0.4, 0.5) is 5.88 Å². The van der Waals surface area contributed by atoms with E-state index in [2.05, 4.69) is 25.2 Å². The minimum absolute atomic E-state index is 0.121. The molecule has 0 aliphatic heterocycles. The molecule has 0 bridgehead atoms. The molecule has 2 saturated carbocycles. The van der Waals surface area contributed by atoms with Crippen LogP contribution in [0.3, 0.4) is 0 Å². The van der Waals surface area contributed by atoms with E-state index in [1.807, 2.05) is 13.8 Å². The van der Waals surface area contributed by atoms with Crippen molar-refractivity contribution >= 4 is 23.6 Å². The van der Waals surface area contributed by atoms with E-state index < -0.39 is 0 Å². The van der Waals surface area contributed by atoms with Crippen LogP contribution >= 0.6 is 11.8 Å². The molecule has 0 spiro atoms. The number of thioether (sulfide) groups is 1. The Bertz CT molecular complexity index is 732. The van der Waals surface area contributed by atoms with Gasteiger partial charge in [0.2, 0.25) is 11.8 Å². The lowest BCUT2D eigenvalue weighted by molar-refractivity contribution is -0.115. The monoisotopic (exact) mass is 333 g/mol. The van der Waals surface area contributed by atoms with E-state index in [0.717, 1.165) is 16.7 Å². The topological polar surface area (TPSA) is 85.8 Å². The lowest BCUT2D eigenvalue weighted by Crippen LogP contribution is -2.22. The van der Waals surface area contributed by atoms with Crippen molar-refractivity contribution < 1.29 is 9.32 Å². The summed E-state index contributed by atoms with van der Waals surface area (Å²) >= 11 is 1.45. The predicted molar refractivity (Wildman–Crippen MR) is 85.5 cm³/mol. The lowest BCUT2D eigenvalue weighted by atomic mass is 10.4. The third-order valence-electron chi connectivity index (χ3n) is 4.07. The molecule has 2 aliphatic rings. The van der Waals surface area contributed by atoms with Crippen molar-refractivity contribution in [3.63, 3.8) is 0 Å². The Morgan fingerprint density at radius 3 is 2.78 bits per heavy atom. The molecule has 2 aromatic rings. The Labute approximate surface area is 138 Å². The van der Waals surface area contributed by atoms with Gasteiger partial charge in [0.25, 0.3) is 0 Å². The summed E-state index contributed by atoms with van der Waals surface area (Å²) in [6.07, 6.45) is 4.78. The molecular weight excluding hydrogens is 314 g/mol. The fourth-order valence-electron chi connectivity index (χ4n) is 2.52. The van der Waals surface area contributed by atoms with Gasteiger partial charge in [-0.1, -0.05) is 16.9 Å². The van der Waals surface area contributed by atoms with Gasteiger partial charge >= 0.3 is 0 Å². The van der Waals surface area contributed by atoms with Gasteiger partial charge in [0.1, 0.15) is 5.82 Å². The summed E-state index contributed by atoms with van der Waals surface area (Å²) in [4.78, 5) is 12.3. The van der Waals surface area contributed by atoms with Gasteiger partial charge in [-0.15, -0.1) is 10.2 Å². The number of aromatic nitrogens is 4. The number of hydrogen-bond donors (Lipinski definition) is 1. The molecule has 2 fully saturated rings. The van der Waals surface area contributed by atoms with Crippen molar-refractivity contribution in [2.45, 2.75) is 61.9 Å². The van der Waals surface area contributed by atoms with E-state index in [1.54, 1.807) is 6.07 Å². The van der Waals surface area contributed by atoms with Gasteiger partial charge in [-0.25, -0.2) is 0 Å². The Hall–Kier alpha value is -1.83. The number of anilines is 1. The average molecular weight is 333 g/mol. The predicted octanol–water partition coefficient (Wildman–Crippen LogP) is 2.91. The van der Waals surface area contributed by atoms with Gasteiger partial charge in [0.05, 0.1) is 10.9 Å². The standard InChI is InChI=1S/C15H19N5O2S/c1-8-7-12(22-19-8)16-14(21)9(2)23-15-18-17-13(10-3-4-10)20(15)11-5-6-11/h7,9-11H,3-6H2,1-2H3,(H,16,21)/t9-/m1/s1. The Morgan fingerprint density at radius 1 is 1.39 bits per heavy atom. The molecule has 8 heteroatoms. The smallest absolute Gasteiger partial charge is 0.240 e. The molecule has 2 aliphatic carbocycles. The van der Waals surface area contributed by atoms with Crippen LogP contribution in [0.15, 0.2) is 15.7 Å². The van der Waals surface area contributed by atoms with Crippen LogP contribution in [-0.4, -0.2) is 31.1 Å². The zero-order chi connectivity index (χ0) is 16.0. The van der Waals surface area contributed by atoms with E-state index >= 15 is 0 Å². The first kappa shape index (κ1) is 14.7. The van der Waals surface area contributed by atoms with Crippen LogP contribution in [0, 0.1) is 6.92 Å². The molecule has 0 radical (unpaired) electrons. The molecule has 7 nitrogen and oxygen atoms in total. The molecule has 2 heterocycles. The highest BCUT2D eigenvalue weighted by Gasteiger charge is 2.37. The first-order chi connectivity index (χ1) is 11.1. The van der Waals surface area contributed by atoms with Gasteiger partial charge in [0.15, 0.2) is 5.16 Å². The van der Waals surface area contributed by atoms with Gasteiger partial charge < -0.3 is 9.09 Å². The van der Waals surface area contributed by atoms with Crippen molar-refractivity contribution in [3.8, 4) is 0 Å². The molecule has 122 valence electrons. The lowest BCUT2D eigenvalue weighted by Gasteiger charge is -2.12. The molecular formula is C15H19N5O2S. The van der Waals surface area contributed by atoms with Crippen LogP contribution in [0.2, 0.25) is 0 Å². The molecule has 1 N–H and O–H groups in total. The highest BCUT2D eigenvalue weighted by Crippen LogP contribution is 2.46. The maximum atomic E-state index is 12.3. The van der Waals surface area contributed by atoms with Gasteiger partial charge in [-0.3, -0.25) is 10.1 Å². The fourth-order valence-corrected chi connectivity index (χ4v) is 3.45. The van der Waals surface area contributed by atoms with Crippen molar-refractivity contribution in [3.05, 3.63) is 17.6 Å². The number of amides is 1. The molecule has 4 rings (SSSR count). The summed E-state index contributed by atoms with van der Waals surface area (Å²) in [5.41, 5.74) is 0.739. The van der Waals surface area contributed by atoms with Crippen molar-refractivity contribution in [2.75, 3.05) is 5.32 Å². The van der Waals surface area contributed by atoms with Gasteiger partial charge in [-0.05, 0) is 39.5 Å². The van der Waals surface area contributed by atoms with Crippen LogP contribution in [-0.2, 0) is 4.79 Å². The summed E-state index contributed by atoms with van der Waals surface area (Å²) in [6.45, 7) is 3.68. The average Bonchev–Trinajstić information content (AvgIpc) is 3.44. The Morgan fingerprint density at radius 2 is 2.17 bits per heavy atom.